The van der Waals surface area contributed by atoms with Crippen LogP contribution in [0.5, 0.6) is 0 Å². The van der Waals surface area contributed by atoms with Crippen molar-refractivity contribution in [3.05, 3.63) is 0 Å². The highest BCUT2D eigenvalue weighted by atomic mass is 31.2. The zero-order chi connectivity index (χ0) is 15.1. The summed E-state index contributed by atoms with van der Waals surface area (Å²) >= 11 is 0. The molecule has 0 radical (unpaired) electrons. The molecule has 0 bridgehead atoms. The third kappa shape index (κ3) is 11.9. The highest BCUT2D eigenvalue weighted by molar-refractivity contribution is 7.53. The summed E-state index contributed by atoms with van der Waals surface area (Å²) in [6.07, 6.45) is 9.41. The average molecular weight is 308 g/mol. The van der Waals surface area contributed by atoms with Gasteiger partial charge in [0.15, 0.2) is 0 Å². The third-order valence-electron chi connectivity index (χ3n) is 3.02. The molecular formula is C14H33N2O3P. The lowest BCUT2D eigenvalue weighted by molar-refractivity contribution is 0.139. The lowest BCUT2D eigenvalue weighted by Crippen LogP contribution is -2.22. The van der Waals surface area contributed by atoms with Crippen LogP contribution in [0.1, 0.15) is 65.2 Å². The molecule has 0 aromatic heterocycles. The molecule has 1 unspecified atom stereocenters. The van der Waals surface area contributed by atoms with Gasteiger partial charge in [-0.15, -0.1) is 0 Å². The fourth-order valence-electron chi connectivity index (χ4n) is 1.78. The van der Waals surface area contributed by atoms with Gasteiger partial charge in [-0.2, -0.15) is 5.48 Å². The van der Waals surface area contributed by atoms with Gasteiger partial charge in [-0.05, 0) is 12.8 Å². The zero-order valence-electron chi connectivity index (χ0n) is 13.2. The summed E-state index contributed by atoms with van der Waals surface area (Å²) in [5, 5.41) is 0. The fraction of sp³-hybridized carbons (Fsp3) is 1.00. The maximum atomic E-state index is 12.4. The second-order valence-corrected chi connectivity index (χ2v) is 7.17. The van der Waals surface area contributed by atoms with E-state index < -0.39 is 7.60 Å². The van der Waals surface area contributed by atoms with E-state index in [1.54, 1.807) is 0 Å². The number of rotatable bonds is 15. The van der Waals surface area contributed by atoms with Crippen LogP contribution in [0.4, 0.5) is 0 Å². The Morgan fingerprint density at radius 1 is 1.00 bits per heavy atom. The zero-order valence-corrected chi connectivity index (χ0v) is 14.1. The summed E-state index contributed by atoms with van der Waals surface area (Å²) in [6.45, 7) is 5.71. The molecule has 20 heavy (non-hydrogen) atoms. The van der Waals surface area contributed by atoms with E-state index in [2.05, 4.69) is 19.3 Å². The van der Waals surface area contributed by atoms with Crippen molar-refractivity contribution in [3.63, 3.8) is 0 Å². The van der Waals surface area contributed by atoms with Crippen molar-refractivity contribution in [1.29, 1.82) is 0 Å². The molecule has 6 heteroatoms. The Morgan fingerprint density at radius 2 is 1.65 bits per heavy atom. The van der Waals surface area contributed by atoms with Gasteiger partial charge < -0.3 is 10.3 Å². The van der Waals surface area contributed by atoms with Gasteiger partial charge in [0.2, 0.25) is 0 Å². The summed E-state index contributed by atoms with van der Waals surface area (Å²) in [5.74, 6) is 0. The molecule has 0 amide bonds. The number of nitrogens with two attached hydrogens (primary N) is 1. The van der Waals surface area contributed by atoms with E-state index in [0.717, 1.165) is 25.7 Å². The molecule has 3 N–H and O–H groups in total. The van der Waals surface area contributed by atoms with Gasteiger partial charge in [-0.1, -0.05) is 52.4 Å². The van der Waals surface area contributed by atoms with E-state index in [4.69, 9.17) is 14.9 Å². The van der Waals surface area contributed by atoms with Gasteiger partial charge in [0.25, 0.3) is 0 Å². The topological polar surface area (TPSA) is 73.6 Å². The van der Waals surface area contributed by atoms with E-state index in [1.165, 1.54) is 25.7 Å². The molecule has 0 aliphatic rings. The van der Waals surface area contributed by atoms with Crippen LogP contribution in [0.3, 0.4) is 0 Å². The normalized spacial score (nSPS) is 14.3. The molecule has 0 spiro atoms. The van der Waals surface area contributed by atoms with Crippen LogP contribution in [-0.4, -0.2) is 25.9 Å². The highest BCUT2D eigenvalue weighted by Gasteiger charge is 2.23. The molecule has 122 valence electrons. The average Bonchev–Trinajstić information content (AvgIpc) is 2.45. The molecule has 0 rings (SSSR count). The number of nitrogens with one attached hydrogen (secondary N) is 1. The second-order valence-electron chi connectivity index (χ2n) is 5.06. The molecular weight excluding hydrogens is 275 g/mol. The molecule has 0 fully saturated rings. The van der Waals surface area contributed by atoms with Crippen LogP contribution in [0.2, 0.25) is 0 Å². The maximum absolute atomic E-state index is 12.4. The number of hydroxylamine groups is 1. The van der Waals surface area contributed by atoms with Crippen LogP contribution >= 0.6 is 7.60 Å². The smallest absolute Gasteiger partial charge is 0.329 e. The first-order valence-electron chi connectivity index (χ1n) is 8.03. The molecule has 0 saturated heterocycles. The second kappa shape index (κ2) is 14.0. The third-order valence-corrected chi connectivity index (χ3v) is 4.87. The Bertz CT molecular complexity index is 253. The quantitative estimate of drug-likeness (QED) is 0.273. The van der Waals surface area contributed by atoms with Gasteiger partial charge in [0.1, 0.15) is 0 Å². The van der Waals surface area contributed by atoms with E-state index >= 15 is 0 Å². The van der Waals surface area contributed by atoms with E-state index in [0.29, 0.717) is 25.9 Å². The maximum Gasteiger partial charge on any atom is 0.346 e. The summed E-state index contributed by atoms with van der Waals surface area (Å²) in [4.78, 5) is 0. The van der Waals surface area contributed by atoms with Gasteiger partial charge in [-0.25, -0.2) is 4.62 Å². The summed E-state index contributed by atoms with van der Waals surface area (Å²) in [7, 11) is -2.99. The van der Waals surface area contributed by atoms with E-state index in [-0.39, 0.29) is 0 Å². The van der Waals surface area contributed by atoms with Crippen molar-refractivity contribution >= 4 is 7.60 Å². The fourth-order valence-corrected chi connectivity index (χ4v) is 3.45. The summed E-state index contributed by atoms with van der Waals surface area (Å²) in [6, 6.07) is 0. The number of hydrogen-bond donors (Lipinski definition) is 2. The first-order valence-corrected chi connectivity index (χ1v) is 9.76. The van der Waals surface area contributed by atoms with Gasteiger partial charge >= 0.3 is 7.60 Å². The first-order chi connectivity index (χ1) is 9.68. The number of unbranched alkanes of at least 4 members (excludes halogenated alkanes) is 6. The molecule has 0 heterocycles. The predicted octanol–water partition coefficient (Wildman–Crippen LogP) is 3.84. The van der Waals surface area contributed by atoms with E-state index in [1.807, 2.05) is 0 Å². The lowest BCUT2D eigenvalue weighted by atomic mass is 10.1. The Labute approximate surface area is 124 Å². The molecule has 0 aromatic carbocycles. The Morgan fingerprint density at radius 3 is 2.30 bits per heavy atom. The molecule has 0 aromatic rings. The predicted molar refractivity (Wildman–Crippen MR) is 84.9 cm³/mol. The molecule has 1 atom stereocenters. The molecule has 0 aliphatic heterocycles. The van der Waals surface area contributed by atoms with Crippen LogP contribution in [-0.2, 0) is 13.7 Å². The Kier molecular flexibility index (Phi) is 14.1. The van der Waals surface area contributed by atoms with Gasteiger partial charge in [-0.3, -0.25) is 4.57 Å². The van der Waals surface area contributed by atoms with Crippen LogP contribution in [0.25, 0.3) is 0 Å². The van der Waals surface area contributed by atoms with Gasteiger partial charge in [0, 0.05) is 13.1 Å². The minimum Gasteiger partial charge on any atom is -0.329 e. The monoisotopic (exact) mass is 308 g/mol. The lowest BCUT2D eigenvalue weighted by Gasteiger charge is -2.18. The first kappa shape index (κ1) is 20.1. The van der Waals surface area contributed by atoms with Crippen molar-refractivity contribution < 1.29 is 13.7 Å². The van der Waals surface area contributed by atoms with Crippen LogP contribution in [0.15, 0.2) is 0 Å². The Hall–Kier alpha value is 0.0700. The SMILES string of the molecule is CCCCCCCCOP(=O)(CCCC)ONCCN. The summed E-state index contributed by atoms with van der Waals surface area (Å²) < 4.78 is 23.2. The van der Waals surface area contributed by atoms with Crippen molar-refractivity contribution in [2.75, 3.05) is 25.9 Å². The van der Waals surface area contributed by atoms with Crippen molar-refractivity contribution in [3.8, 4) is 0 Å². The van der Waals surface area contributed by atoms with Crippen molar-refractivity contribution in [2.24, 2.45) is 5.73 Å². The van der Waals surface area contributed by atoms with Crippen LogP contribution < -0.4 is 11.2 Å². The largest absolute Gasteiger partial charge is 0.346 e. The number of hydrogen-bond acceptors (Lipinski definition) is 5. The van der Waals surface area contributed by atoms with Crippen molar-refractivity contribution in [2.45, 2.75) is 65.2 Å². The standard InChI is InChI=1S/C14H33N2O3P/c1-3-5-7-8-9-10-13-18-20(17,14-6-4-2)19-16-12-11-15/h16H,3-15H2,1-2H3. The highest BCUT2D eigenvalue weighted by Crippen LogP contribution is 2.48. The molecule has 0 aliphatic carbocycles. The molecule has 0 saturated carbocycles. The minimum absolute atomic E-state index is 0.450. The van der Waals surface area contributed by atoms with Crippen molar-refractivity contribution in [1.82, 2.24) is 5.48 Å². The Balaban J connectivity index is 3.81. The minimum atomic E-state index is -2.99. The molecule has 5 nitrogen and oxygen atoms in total. The summed E-state index contributed by atoms with van der Waals surface area (Å²) in [5.41, 5.74) is 8.00. The van der Waals surface area contributed by atoms with Gasteiger partial charge in [0.05, 0.1) is 12.8 Å². The van der Waals surface area contributed by atoms with E-state index in [9.17, 15) is 4.57 Å². The van der Waals surface area contributed by atoms with Crippen LogP contribution in [0, 0.1) is 0 Å².